The van der Waals surface area contributed by atoms with Crippen LogP contribution in [0.1, 0.15) is 18.4 Å². The van der Waals surface area contributed by atoms with Crippen LogP contribution in [0.25, 0.3) is 0 Å². The third kappa shape index (κ3) is 2.69. The lowest BCUT2D eigenvalue weighted by Crippen LogP contribution is -2.39. The van der Waals surface area contributed by atoms with Crippen LogP contribution in [0, 0.1) is 0 Å². The number of hydrogen-bond donors (Lipinski definition) is 2. The van der Waals surface area contributed by atoms with Crippen molar-refractivity contribution in [2.45, 2.75) is 30.7 Å². The van der Waals surface area contributed by atoms with Gasteiger partial charge in [0.05, 0.1) is 5.56 Å². The van der Waals surface area contributed by atoms with E-state index in [-0.39, 0.29) is 12.8 Å². The van der Waals surface area contributed by atoms with Gasteiger partial charge in [0.1, 0.15) is 17.2 Å². The van der Waals surface area contributed by atoms with Gasteiger partial charge in [-0.3, -0.25) is 0 Å². The fourth-order valence-corrected chi connectivity index (χ4v) is 1.63. The molecule has 0 bridgehead atoms. The molecule has 19 heavy (non-hydrogen) atoms. The minimum absolute atomic E-state index is 0.200. The summed E-state index contributed by atoms with van der Waals surface area (Å²) in [5.41, 5.74) is 1.85. The van der Waals surface area contributed by atoms with Gasteiger partial charge in [-0.1, -0.05) is 0 Å². The standard InChI is InChI=1S/C10H9F6N3/c11-9(12,13)5-3-6(17)18-7(4-5)19-8(1-2-8)10(14,15)16/h3-4H,1-2H2,(H3,17,18,19). The van der Waals surface area contributed by atoms with Crippen LogP contribution in [0.2, 0.25) is 0 Å². The average molecular weight is 285 g/mol. The summed E-state index contributed by atoms with van der Waals surface area (Å²) in [6, 6.07) is 1.08. The van der Waals surface area contributed by atoms with Crippen molar-refractivity contribution in [1.82, 2.24) is 4.98 Å². The van der Waals surface area contributed by atoms with E-state index in [1.807, 2.05) is 5.32 Å². The number of pyridine rings is 1. The number of hydrogen-bond acceptors (Lipinski definition) is 3. The van der Waals surface area contributed by atoms with E-state index in [1.54, 1.807) is 0 Å². The first-order chi connectivity index (χ1) is 8.53. The topological polar surface area (TPSA) is 50.9 Å². The van der Waals surface area contributed by atoms with E-state index in [9.17, 15) is 26.3 Å². The Morgan fingerprint density at radius 2 is 1.68 bits per heavy atom. The lowest BCUT2D eigenvalue weighted by Gasteiger charge is -2.22. The summed E-state index contributed by atoms with van der Waals surface area (Å²) in [4.78, 5) is 3.45. The van der Waals surface area contributed by atoms with Gasteiger partial charge >= 0.3 is 12.4 Å². The molecule has 2 rings (SSSR count). The molecule has 0 amide bonds. The van der Waals surface area contributed by atoms with Crippen LogP contribution in [0.4, 0.5) is 38.0 Å². The van der Waals surface area contributed by atoms with Crippen LogP contribution >= 0.6 is 0 Å². The minimum atomic E-state index is -4.69. The summed E-state index contributed by atoms with van der Waals surface area (Å²) in [7, 11) is 0. The van der Waals surface area contributed by atoms with E-state index in [0.29, 0.717) is 12.1 Å². The van der Waals surface area contributed by atoms with Crippen LogP contribution in [0.15, 0.2) is 12.1 Å². The molecule has 1 fully saturated rings. The third-order valence-electron chi connectivity index (χ3n) is 2.83. The number of nitrogens with one attached hydrogen (secondary N) is 1. The van der Waals surface area contributed by atoms with Gasteiger partial charge in [0.25, 0.3) is 0 Å². The monoisotopic (exact) mass is 285 g/mol. The van der Waals surface area contributed by atoms with Gasteiger partial charge in [-0.15, -0.1) is 0 Å². The Bertz CT molecular complexity index is 489. The van der Waals surface area contributed by atoms with Gasteiger partial charge in [0.2, 0.25) is 0 Å². The number of alkyl halides is 6. The van der Waals surface area contributed by atoms with E-state index in [0.717, 1.165) is 0 Å². The maximum Gasteiger partial charge on any atom is 0.416 e. The van der Waals surface area contributed by atoms with E-state index in [1.165, 1.54) is 0 Å². The second-order valence-corrected chi connectivity index (χ2v) is 4.37. The van der Waals surface area contributed by atoms with E-state index in [4.69, 9.17) is 5.73 Å². The Labute approximate surface area is 103 Å². The Kier molecular flexibility index (Phi) is 2.83. The molecule has 1 aliphatic rings. The van der Waals surface area contributed by atoms with Crippen LogP contribution in [-0.2, 0) is 6.18 Å². The summed E-state index contributed by atoms with van der Waals surface area (Å²) in [6.07, 6.45) is -9.64. The zero-order valence-corrected chi connectivity index (χ0v) is 9.36. The van der Waals surface area contributed by atoms with E-state index < -0.39 is 35.1 Å². The van der Waals surface area contributed by atoms with Crippen molar-refractivity contribution in [2.24, 2.45) is 0 Å². The van der Waals surface area contributed by atoms with Crippen molar-refractivity contribution in [3.8, 4) is 0 Å². The molecule has 0 aliphatic heterocycles. The molecular weight excluding hydrogens is 276 g/mol. The highest BCUT2D eigenvalue weighted by atomic mass is 19.4. The van der Waals surface area contributed by atoms with Gasteiger partial charge in [-0.05, 0) is 25.0 Å². The lowest BCUT2D eigenvalue weighted by molar-refractivity contribution is -0.151. The molecule has 0 saturated heterocycles. The van der Waals surface area contributed by atoms with Crippen molar-refractivity contribution in [1.29, 1.82) is 0 Å². The van der Waals surface area contributed by atoms with Crippen molar-refractivity contribution in [2.75, 3.05) is 11.1 Å². The van der Waals surface area contributed by atoms with Crippen LogP contribution < -0.4 is 11.1 Å². The third-order valence-corrected chi connectivity index (χ3v) is 2.83. The Morgan fingerprint density at radius 1 is 1.11 bits per heavy atom. The van der Waals surface area contributed by atoms with Gasteiger partial charge in [-0.2, -0.15) is 26.3 Å². The summed E-state index contributed by atoms with van der Waals surface area (Å²) in [5.74, 6) is -1.02. The molecule has 106 valence electrons. The molecule has 1 saturated carbocycles. The van der Waals surface area contributed by atoms with Crippen LogP contribution in [0.3, 0.4) is 0 Å². The molecule has 9 heteroatoms. The van der Waals surface area contributed by atoms with Crippen LogP contribution in [0.5, 0.6) is 0 Å². The first kappa shape index (κ1) is 13.8. The molecule has 1 aromatic rings. The summed E-state index contributed by atoms with van der Waals surface area (Å²) in [5, 5.41) is 2.01. The molecule has 1 aliphatic carbocycles. The fourth-order valence-electron chi connectivity index (χ4n) is 1.63. The molecule has 3 N–H and O–H groups in total. The molecule has 1 aromatic heterocycles. The Balaban J connectivity index is 2.30. The van der Waals surface area contributed by atoms with Crippen molar-refractivity contribution < 1.29 is 26.3 Å². The molecule has 1 heterocycles. The highest BCUT2D eigenvalue weighted by molar-refractivity contribution is 5.50. The maximum atomic E-state index is 12.7. The molecule has 0 aromatic carbocycles. The Hall–Kier alpha value is -1.67. The zero-order chi connectivity index (χ0) is 14.5. The fraction of sp³-hybridized carbons (Fsp3) is 0.500. The summed E-state index contributed by atoms with van der Waals surface area (Å²) < 4.78 is 75.5. The number of nitrogens with two attached hydrogens (primary N) is 1. The van der Waals surface area contributed by atoms with Crippen molar-refractivity contribution in [3.05, 3.63) is 17.7 Å². The predicted molar refractivity (Wildman–Crippen MR) is 55.3 cm³/mol. The minimum Gasteiger partial charge on any atom is -0.384 e. The normalized spacial score (nSPS) is 18.2. The van der Waals surface area contributed by atoms with Gasteiger partial charge in [0.15, 0.2) is 0 Å². The highest BCUT2D eigenvalue weighted by Gasteiger charge is 2.63. The van der Waals surface area contributed by atoms with Gasteiger partial charge < -0.3 is 11.1 Å². The molecule has 0 radical (unpaired) electrons. The molecule has 0 spiro atoms. The summed E-state index contributed by atoms with van der Waals surface area (Å²) >= 11 is 0. The maximum absolute atomic E-state index is 12.7. The highest BCUT2D eigenvalue weighted by Crippen LogP contribution is 2.51. The second kappa shape index (κ2) is 3.91. The van der Waals surface area contributed by atoms with Gasteiger partial charge in [-0.25, -0.2) is 4.98 Å². The first-order valence-electron chi connectivity index (χ1n) is 5.23. The number of nitrogen functional groups attached to an aromatic ring is 1. The van der Waals surface area contributed by atoms with Gasteiger partial charge in [0, 0.05) is 0 Å². The van der Waals surface area contributed by atoms with Crippen LogP contribution in [-0.4, -0.2) is 16.7 Å². The average Bonchev–Trinajstić information content (AvgIpc) is 2.95. The lowest BCUT2D eigenvalue weighted by atomic mass is 10.2. The zero-order valence-electron chi connectivity index (χ0n) is 9.36. The first-order valence-corrected chi connectivity index (χ1v) is 5.23. The number of nitrogens with zero attached hydrogens (tertiary/aromatic N) is 1. The molecule has 0 atom stereocenters. The van der Waals surface area contributed by atoms with E-state index >= 15 is 0 Å². The largest absolute Gasteiger partial charge is 0.416 e. The van der Waals surface area contributed by atoms with Crippen molar-refractivity contribution >= 4 is 11.6 Å². The number of anilines is 2. The number of aromatic nitrogens is 1. The molecule has 0 unspecified atom stereocenters. The quantitative estimate of drug-likeness (QED) is 0.820. The number of halogens is 6. The summed E-state index contributed by atoms with van der Waals surface area (Å²) in [6.45, 7) is 0. The molecule has 3 nitrogen and oxygen atoms in total. The van der Waals surface area contributed by atoms with Crippen molar-refractivity contribution in [3.63, 3.8) is 0 Å². The SMILES string of the molecule is Nc1cc(C(F)(F)F)cc(NC2(C(F)(F)F)CC2)n1. The predicted octanol–water partition coefficient (Wildman–Crippen LogP) is 3.19. The molecular formula is C10H9F6N3. The smallest absolute Gasteiger partial charge is 0.384 e. The number of rotatable bonds is 2. The second-order valence-electron chi connectivity index (χ2n) is 4.37. The van der Waals surface area contributed by atoms with E-state index in [2.05, 4.69) is 4.98 Å². The Morgan fingerprint density at radius 3 is 2.11 bits per heavy atom.